The van der Waals surface area contributed by atoms with Crippen LogP contribution in [0.15, 0.2) is 0 Å². The molecule has 0 amide bonds. The Morgan fingerprint density at radius 2 is 1.00 bits per heavy atom. The van der Waals surface area contributed by atoms with Crippen molar-refractivity contribution in [3.63, 3.8) is 0 Å². The Bertz CT molecular complexity index is 29.0. The number of hydrogen-bond acceptors (Lipinski definition) is 2. The molecule has 0 aliphatic rings. The van der Waals surface area contributed by atoms with Gasteiger partial charge in [-0.05, 0) is 20.1 Å². The van der Waals surface area contributed by atoms with Crippen molar-refractivity contribution in [3.05, 3.63) is 0 Å². The quantitative estimate of drug-likeness (QED) is 0.704. The molecule has 0 fully saturated rings. The highest BCUT2D eigenvalue weighted by molar-refractivity contribution is 4.36. The van der Waals surface area contributed by atoms with E-state index >= 15 is 0 Å². The molecular formula is C10H29NO. The molecule has 0 atom stereocenters. The Labute approximate surface area is 79.6 Å². The number of nitrogens with zero attached hydrogens (tertiary/aromatic N) is 1. The molecule has 0 rings (SSSR count). The van der Waals surface area contributed by atoms with Gasteiger partial charge in [-0.1, -0.05) is 41.5 Å². The van der Waals surface area contributed by atoms with E-state index in [-0.39, 0.29) is 0 Å². The predicted molar refractivity (Wildman–Crippen MR) is 59.7 cm³/mol. The Morgan fingerprint density at radius 1 is 0.833 bits per heavy atom. The molecule has 80 valence electrons. The molecular weight excluding hydrogens is 150 g/mol. The van der Waals surface area contributed by atoms with Gasteiger partial charge in [0.05, 0.1) is 0 Å². The van der Waals surface area contributed by atoms with Crippen molar-refractivity contribution in [2.45, 2.75) is 41.5 Å². The van der Waals surface area contributed by atoms with Gasteiger partial charge >= 0.3 is 0 Å². The molecule has 0 aromatic carbocycles. The molecule has 0 aliphatic heterocycles. The molecule has 0 bridgehead atoms. The van der Waals surface area contributed by atoms with E-state index in [1.54, 1.807) is 0 Å². The van der Waals surface area contributed by atoms with Gasteiger partial charge in [0.15, 0.2) is 0 Å². The normalized spacial score (nSPS) is 6.50. The number of aliphatic hydroxyl groups is 1. The van der Waals surface area contributed by atoms with Crippen molar-refractivity contribution < 1.29 is 5.11 Å². The fourth-order valence-electron chi connectivity index (χ4n) is 0.224. The molecule has 0 spiro atoms. The van der Waals surface area contributed by atoms with E-state index in [2.05, 4.69) is 25.8 Å². The maximum absolute atomic E-state index is 7.00. The third-order valence-corrected chi connectivity index (χ3v) is 1.08. The average molecular weight is 179 g/mol. The monoisotopic (exact) mass is 179 g/mol. The third-order valence-electron chi connectivity index (χ3n) is 1.08. The summed E-state index contributed by atoms with van der Waals surface area (Å²) in [5, 5.41) is 7.00. The summed E-state index contributed by atoms with van der Waals surface area (Å²) in [6, 6.07) is 0. The minimum absolute atomic E-state index is 1.00. The zero-order valence-corrected chi connectivity index (χ0v) is 10.3. The summed E-state index contributed by atoms with van der Waals surface area (Å²) in [6.07, 6.45) is 0. The van der Waals surface area contributed by atoms with Crippen LogP contribution in [0.4, 0.5) is 0 Å². The average Bonchev–Trinajstić information content (AvgIpc) is 2.25. The van der Waals surface area contributed by atoms with Crippen molar-refractivity contribution in [1.82, 2.24) is 4.90 Å². The SMILES string of the molecule is CC.CC.CCN(C)CC.CO. The molecule has 0 radical (unpaired) electrons. The second-order valence-electron chi connectivity index (χ2n) is 1.49. The number of rotatable bonds is 2. The Balaban J connectivity index is -0.0000000453. The number of aliphatic hydroxyl groups excluding tert-OH is 1. The second kappa shape index (κ2) is 44.4. The molecule has 0 unspecified atom stereocenters. The van der Waals surface area contributed by atoms with E-state index in [1.165, 1.54) is 0 Å². The summed E-state index contributed by atoms with van der Waals surface area (Å²) in [5.74, 6) is 0. The van der Waals surface area contributed by atoms with Crippen LogP contribution in [0.1, 0.15) is 41.5 Å². The van der Waals surface area contributed by atoms with Gasteiger partial charge in [0, 0.05) is 7.11 Å². The van der Waals surface area contributed by atoms with Crippen molar-refractivity contribution in [3.8, 4) is 0 Å². The van der Waals surface area contributed by atoms with Crippen LogP contribution in [0.3, 0.4) is 0 Å². The minimum Gasteiger partial charge on any atom is -0.400 e. The third kappa shape index (κ3) is 51.4. The maximum atomic E-state index is 7.00. The van der Waals surface area contributed by atoms with E-state index in [4.69, 9.17) is 5.11 Å². The lowest BCUT2D eigenvalue weighted by Crippen LogP contribution is -2.15. The van der Waals surface area contributed by atoms with Crippen molar-refractivity contribution >= 4 is 0 Å². The molecule has 0 aliphatic carbocycles. The Hall–Kier alpha value is -0.0800. The first-order valence-corrected chi connectivity index (χ1v) is 4.94. The second-order valence-corrected chi connectivity index (χ2v) is 1.49. The topological polar surface area (TPSA) is 23.5 Å². The van der Waals surface area contributed by atoms with Crippen LogP contribution in [0.5, 0.6) is 0 Å². The van der Waals surface area contributed by atoms with Gasteiger partial charge in [-0.2, -0.15) is 0 Å². The molecule has 2 heteroatoms. The van der Waals surface area contributed by atoms with Crippen LogP contribution in [0.25, 0.3) is 0 Å². The lowest BCUT2D eigenvalue weighted by atomic mass is 10.6. The molecule has 12 heavy (non-hydrogen) atoms. The summed E-state index contributed by atoms with van der Waals surface area (Å²) in [4.78, 5) is 2.25. The molecule has 0 aromatic rings. The van der Waals surface area contributed by atoms with Gasteiger partial charge in [-0.3, -0.25) is 0 Å². The fraction of sp³-hybridized carbons (Fsp3) is 1.00. The van der Waals surface area contributed by atoms with Crippen molar-refractivity contribution in [2.75, 3.05) is 27.2 Å². The van der Waals surface area contributed by atoms with E-state index in [9.17, 15) is 0 Å². The molecule has 0 saturated heterocycles. The summed E-state index contributed by atoms with van der Waals surface area (Å²) in [5.41, 5.74) is 0. The van der Waals surface area contributed by atoms with Gasteiger partial charge in [0.25, 0.3) is 0 Å². The van der Waals surface area contributed by atoms with Crippen LogP contribution in [-0.4, -0.2) is 37.3 Å². The van der Waals surface area contributed by atoms with Gasteiger partial charge in [-0.15, -0.1) is 0 Å². The molecule has 0 aromatic heterocycles. The van der Waals surface area contributed by atoms with Gasteiger partial charge in [0.2, 0.25) is 0 Å². The first kappa shape index (κ1) is 22.7. The summed E-state index contributed by atoms with van der Waals surface area (Å²) >= 11 is 0. The highest BCUT2D eigenvalue weighted by Gasteiger charge is 1.81. The van der Waals surface area contributed by atoms with Crippen LogP contribution in [0.2, 0.25) is 0 Å². The predicted octanol–water partition coefficient (Wildman–Crippen LogP) is 2.62. The zero-order valence-electron chi connectivity index (χ0n) is 10.3. The lowest BCUT2D eigenvalue weighted by molar-refractivity contribution is 0.373. The Kier molecular flexibility index (Phi) is 83.8. The maximum Gasteiger partial charge on any atom is 0.0319 e. The first-order chi connectivity index (χ1) is 5.81. The smallest absolute Gasteiger partial charge is 0.0319 e. The van der Waals surface area contributed by atoms with E-state index in [0.717, 1.165) is 20.2 Å². The highest BCUT2D eigenvalue weighted by Crippen LogP contribution is 1.73. The molecule has 2 nitrogen and oxygen atoms in total. The Morgan fingerprint density at radius 3 is 1.00 bits per heavy atom. The van der Waals surface area contributed by atoms with Crippen molar-refractivity contribution in [1.29, 1.82) is 0 Å². The van der Waals surface area contributed by atoms with Crippen LogP contribution in [-0.2, 0) is 0 Å². The van der Waals surface area contributed by atoms with Crippen LogP contribution >= 0.6 is 0 Å². The fourth-order valence-corrected chi connectivity index (χ4v) is 0.224. The van der Waals surface area contributed by atoms with Crippen LogP contribution in [0, 0.1) is 0 Å². The number of hydrogen-bond donors (Lipinski definition) is 1. The van der Waals surface area contributed by atoms with Gasteiger partial charge < -0.3 is 10.0 Å². The van der Waals surface area contributed by atoms with Crippen molar-refractivity contribution in [2.24, 2.45) is 0 Å². The van der Waals surface area contributed by atoms with Gasteiger partial charge in [-0.25, -0.2) is 0 Å². The first-order valence-electron chi connectivity index (χ1n) is 4.94. The molecule has 0 saturated carbocycles. The highest BCUT2D eigenvalue weighted by atomic mass is 16.2. The van der Waals surface area contributed by atoms with Crippen LogP contribution < -0.4 is 0 Å². The largest absolute Gasteiger partial charge is 0.400 e. The summed E-state index contributed by atoms with van der Waals surface area (Å²) in [6.45, 7) is 14.6. The molecule has 0 heterocycles. The van der Waals surface area contributed by atoms with E-state index < -0.39 is 0 Å². The summed E-state index contributed by atoms with van der Waals surface area (Å²) in [7, 11) is 3.11. The zero-order chi connectivity index (χ0) is 11.0. The minimum atomic E-state index is 1.00. The lowest BCUT2D eigenvalue weighted by Gasteiger charge is -2.07. The molecule has 1 N–H and O–H groups in total. The van der Waals surface area contributed by atoms with Gasteiger partial charge in [0.1, 0.15) is 0 Å². The standard InChI is InChI=1S/C5H13N.2C2H6.CH4O/c1-4-6(3)5-2;3*1-2/h4-5H2,1-3H3;2*1-2H3;2H,1H3. The summed E-state index contributed by atoms with van der Waals surface area (Å²) < 4.78 is 0. The van der Waals surface area contributed by atoms with E-state index in [0.29, 0.717) is 0 Å². The van der Waals surface area contributed by atoms with E-state index in [1.807, 2.05) is 27.7 Å².